The standard InChI is InChI=1S/C14H22FN/c15-12-1-2-13(12)16-14-10-4-8-3-9(6-10)7-11(14)5-8/h8-14,16H,1-7H2. The van der Waals surface area contributed by atoms with E-state index in [0.29, 0.717) is 6.04 Å². The first-order chi connectivity index (χ1) is 7.79. The molecule has 0 aromatic heterocycles. The molecule has 5 rings (SSSR count). The molecular weight excluding hydrogens is 201 g/mol. The summed E-state index contributed by atoms with van der Waals surface area (Å²) in [6.07, 6.45) is 8.59. The van der Waals surface area contributed by atoms with Crippen molar-refractivity contribution < 1.29 is 4.39 Å². The highest BCUT2D eigenvalue weighted by Crippen LogP contribution is 2.54. The fraction of sp³-hybridized carbons (Fsp3) is 1.00. The minimum atomic E-state index is -0.544. The topological polar surface area (TPSA) is 12.0 Å². The SMILES string of the molecule is FC1CCC1NC1C2CC3CC(C2)CC1C3. The third-order valence-electron chi connectivity index (χ3n) is 5.82. The van der Waals surface area contributed by atoms with E-state index in [9.17, 15) is 4.39 Å². The van der Waals surface area contributed by atoms with Crippen LogP contribution in [0.4, 0.5) is 4.39 Å². The second kappa shape index (κ2) is 3.44. The van der Waals surface area contributed by atoms with Crippen LogP contribution in [0.2, 0.25) is 0 Å². The molecule has 90 valence electrons. The van der Waals surface area contributed by atoms with Crippen LogP contribution in [-0.2, 0) is 0 Å². The minimum absolute atomic E-state index is 0.211. The van der Waals surface area contributed by atoms with E-state index < -0.39 is 6.17 Å². The molecule has 0 aliphatic heterocycles. The van der Waals surface area contributed by atoms with E-state index in [4.69, 9.17) is 0 Å². The molecule has 5 aliphatic carbocycles. The molecular formula is C14H22FN. The van der Waals surface area contributed by atoms with E-state index in [1.165, 1.54) is 32.1 Å². The molecule has 1 N–H and O–H groups in total. The third kappa shape index (κ3) is 1.38. The van der Waals surface area contributed by atoms with Gasteiger partial charge in [-0.05, 0) is 68.6 Å². The maximum absolute atomic E-state index is 13.3. The lowest BCUT2D eigenvalue weighted by atomic mass is 9.54. The molecule has 0 amide bonds. The second-order valence-electron chi connectivity index (χ2n) is 6.82. The molecule has 0 saturated heterocycles. The summed E-state index contributed by atoms with van der Waals surface area (Å²) in [6.45, 7) is 0. The average Bonchev–Trinajstić information content (AvgIpc) is 2.25. The Morgan fingerprint density at radius 2 is 1.44 bits per heavy atom. The molecule has 0 radical (unpaired) electrons. The lowest BCUT2D eigenvalue weighted by molar-refractivity contribution is -0.0287. The van der Waals surface area contributed by atoms with Gasteiger partial charge in [0.05, 0.1) is 0 Å². The number of nitrogens with one attached hydrogen (secondary N) is 1. The Hall–Kier alpha value is -0.110. The van der Waals surface area contributed by atoms with Gasteiger partial charge in [0.25, 0.3) is 0 Å². The Labute approximate surface area is 97.2 Å². The molecule has 1 nitrogen and oxygen atoms in total. The van der Waals surface area contributed by atoms with Gasteiger partial charge in [-0.15, -0.1) is 0 Å². The van der Waals surface area contributed by atoms with Gasteiger partial charge in [0.1, 0.15) is 6.17 Å². The Bertz CT molecular complexity index is 262. The molecule has 5 aliphatic rings. The largest absolute Gasteiger partial charge is 0.308 e. The molecule has 2 atom stereocenters. The van der Waals surface area contributed by atoms with E-state index in [1.807, 2.05) is 0 Å². The monoisotopic (exact) mass is 223 g/mol. The lowest BCUT2D eigenvalue weighted by Crippen LogP contribution is -2.60. The van der Waals surface area contributed by atoms with Crippen LogP contribution < -0.4 is 5.32 Å². The minimum Gasteiger partial charge on any atom is -0.308 e. The summed E-state index contributed by atoms with van der Waals surface area (Å²) in [7, 11) is 0. The summed E-state index contributed by atoms with van der Waals surface area (Å²) < 4.78 is 13.3. The van der Waals surface area contributed by atoms with Crippen LogP contribution in [-0.4, -0.2) is 18.3 Å². The quantitative estimate of drug-likeness (QED) is 0.759. The molecule has 4 bridgehead atoms. The van der Waals surface area contributed by atoms with Gasteiger partial charge >= 0.3 is 0 Å². The van der Waals surface area contributed by atoms with E-state index in [1.54, 1.807) is 0 Å². The Morgan fingerprint density at radius 3 is 1.88 bits per heavy atom. The van der Waals surface area contributed by atoms with Gasteiger partial charge in [-0.3, -0.25) is 0 Å². The smallest absolute Gasteiger partial charge is 0.115 e. The van der Waals surface area contributed by atoms with Crippen LogP contribution in [0.5, 0.6) is 0 Å². The zero-order valence-corrected chi connectivity index (χ0v) is 9.87. The maximum Gasteiger partial charge on any atom is 0.115 e. The van der Waals surface area contributed by atoms with E-state index >= 15 is 0 Å². The average molecular weight is 223 g/mol. The van der Waals surface area contributed by atoms with Crippen LogP contribution >= 0.6 is 0 Å². The van der Waals surface area contributed by atoms with Gasteiger partial charge in [-0.25, -0.2) is 4.39 Å². The van der Waals surface area contributed by atoms with Crippen LogP contribution in [0.25, 0.3) is 0 Å². The molecule has 5 saturated carbocycles. The molecule has 0 heterocycles. The molecule has 2 unspecified atom stereocenters. The Morgan fingerprint density at radius 1 is 0.812 bits per heavy atom. The highest BCUT2D eigenvalue weighted by molar-refractivity contribution is 5.03. The summed E-state index contributed by atoms with van der Waals surface area (Å²) in [5.74, 6) is 3.85. The predicted octanol–water partition coefficient (Wildman–Crippen LogP) is 2.90. The zero-order chi connectivity index (χ0) is 10.7. The summed E-state index contributed by atoms with van der Waals surface area (Å²) in [5.41, 5.74) is 0. The van der Waals surface area contributed by atoms with Gasteiger partial charge in [-0.1, -0.05) is 0 Å². The second-order valence-corrected chi connectivity index (χ2v) is 6.82. The van der Waals surface area contributed by atoms with E-state index in [-0.39, 0.29) is 6.04 Å². The highest BCUT2D eigenvalue weighted by Gasteiger charge is 2.49. The summed E-state index contributed by atoms with van der Waals surface area (Å²) in [5, 5.41) is 3.67. The fourth-order valence-corrected chi connectivity index (χ4v) is 5.09. The molecule has 16 heavy (non-hydrogen) atoms. The van der Waals surface area contributed by atoms with Crippen molar-refractivity contribution in [2.75, 3.05) is 0 Å². The van der Waals surface area contributed by atoms with Gasteiger partial charge in [0, 0.05) is 12.1 Å². The number of rotatable bonds is 2. The van der Waals surface area contributed by atoms with Gasteiger partial charge in [0.2, 0.25) is 0 Å². The number of hydrogen-bond donors (Lipinski definition) is 1. The highest BCUT2D eigenvalue weighted by atomic mass is 19.1. The Kier molecular flexibility index (Phi) is 2.12. The van der Waals surface area contributed by atoms with Crippen LogP contribution in [0.1, 0.15) is 44.9 Å². The molecule has 0 aromatic rings. The molecule has 0 spiro atoms. The first kappa shape index (κ1) is 9.87. The van der Waals surface area contributed by atoms with Gasteiger partial charge in [0.15, 0.2) is 0 Å². The summed E-state index contributed by atoms with van der Waals surface area (Å²) >= 11 is 0. The number of alkyl halides is 1. The van der Waals surface area contributed by atoms with Crippen LogP contribution in [0, 0.1) is 23.7 Å². The molecule has 0 aromatic carbocycles. The normalized spacial score (nSPS) is 58.7. The van der Waals surface area contributed by atoms with E-state index in [2.05, 4.69) is 5.32 Å². The lowest BCUT2D eigenvalue weighted by Gasteiger charge is -2.56. The van der Waals surface area contributed by atoms with Crippen molar-refractivity contribution >= 4 is 0 Å². The van der Waals surface area contributed by atoms with Crippen LogP contribution in [0.3, 0.4) is 0 Å². The summed E-state index contributed by atoms with van der Waals surface area (Å²) in [6, 6.07) is 0.888. The van der Waals surface area contributed by atoms with Crippen molar-refractivity contribution in [1.29, 1.82) is 0 Å². The van der Waals surface area contributed by atoms with Gasteiger partial charge < -0.3 is 5.32 Å². The predicted molar refractivity (Wildman–Crippen MR) is 61.9 cm³/mol. The van der Waals surface area contributed by atoms with Crippen molar-refractivity contribution in [1.82, 2.24) is 5.32 Å². The van der Waals surface area contributed by atoms with E-state index in [0.717, 1.165) is 36.5 Å². The third-order valence-corrected chi connectivity index (χ3v) is 5.82. The van der Waals surface area contributed by atoms with Crippen LogP contribution in [0.15, 0.2) is 0 Å². The first-order valence-corrected chi connectivity index (χ1v) is 7.19. The first-order valence-electron chi connectivity index (χ1n) is 7.19. The number of hydrogen-bond acceptors (Lipinski definition) is 1. The fourth-order valence-electron chi connectivity index (χ4n) is 5.09. The van der Waals surface area contributed by atoms with Crippen molar-refractivity contribution in [3.05, 3.63) is 0 Å². The van der Waals surface area contributed by atoms with Crippen molar-refractivity contribution in [2.45, 2.75) is 63.2 Å². The molecule has 2 heteroatoms. The summed E-state index contributed by atoms with van der Waals surface area (Å²) in [4.78, 5) is 0. The molecule has 5 fully saturated rings. The Balaban J connectivity index is 1.48. The van der Waals surface area contributed by atoms with Gasteiger partial charge in [-0.2, -0.15) is 0 Å². The van der Waals surface area contributed by atoms with Crippen molar-refractivity contribution in [2.24, 2.45) is 23.7 Å². The van der Waals surface area contributed by atoms with Crippen molar-refractivity contribution in [3.63, 3.8) is 0 Å². The number of halogens is 1. The maximum atomic E-state index is 13.3. The van der Waals surface area contributed by atoms with Crippen molar-refractivity contribution in [3.8, 4) is 0 Å². The zero-order valence-electron chi connectivity index (χ0n) is 9.87.